The first-order valence-electron chi connectivity index (χ1n) is 9.03. The summed E-state index contributed by atoms with van der Waals surface area (Å²) in [5.74, 6) is 0.787. The van der Waals surface area contributed by atoms with Crippen molar-refractivity contribution >= 4 is 11.9 Å². The highest BCUT2D eigenvalue weighted by Gasteiger charge is 2.04. The number of nitrogens with zero attached hydrogens (tertiary/aromatic N) is 1. The van der Waals surface area contributed by atoms with Crippen LogP contribution in [-0.4, -0.2) is 52.3 Å². The van der Waals surface area contributed by atoms with Crippen LogP contribution in [-0.2, 0) is 11.2 Å². The standard InChI is InChI=1S/C19H32N4O2/c1-4-21-19(22-12-6-5-7-14-25-3)23-13-11-16-9-8-10-17(15-16)18(24)20-2/h8-10,15H,4-7,11-14H2,1-3H3,(H,20,24)(H2,21,22,23). The van der Waals surface area contributed by atoms with Gasteiger partial charge in [0.15, 0.2) is 5.96 Å². The van der Waals surface area contributed by atoms with Crippen LogP contribution in [0.25, 0.3) is 0 Å². The van der Waals surface area contributed by atoms with Gasteiger partial charge in [0.05, 0.1) is 0 Å². The summed E-state index contributed by atoms with van der Waals surface area (Å²) in [4.78, 5) is 16.3. The van der Waals surface area contributed by atoms with Crippen molar-refractivity contribution in [2.24, 2.45) is 4.99 Å². The van der Waals surface area contributed by atoms with Crippen LogP contribution in [0.5, 0.6) is 0 Å². The lowest BCUT2D eigenvalue weighted by molar-refractivity contribution is 0.0963. The number of hydrogen-bond donors (Lipinski definition) is 3. The van der Waals surface area contributed by atoms with E-state index in [2.05, 4.69) is 27.9 Å². The highest BCUT2D eigenvalue weighted by Crippen LogP contribution is 2.05. The van der Waals surface area contributed by atoms with E-state index < -0.39 is 0 Å². The molecule has 1 aromatic rings. The van der Waals surface area contributed by atoms with Crippen molar-refractivity contribution in [2.75, 3.05) is 40.4 Å². The van der Waals surface area contributed by atoms with Gasteiger partial charge in [-0.05, 0) is 50.3 Å². The number of methoxy groups -OCH3 is 1. The first kappa shape index (κ1) is 21.0. The molecule has 0 aliphatic carbocycles. The minimum atomic E-state index is -0.0572. The fourth-order valence-corrected chi connectivity index (χ4v) is 2.41. The van der Waals surface area contributed by atoms with Gasteiger partial charge in [-0.2, -0.15) is 0 Å². The number of aliphatic imine (C=N–C) groups is 1. The van der Waals surface area contributed by atoms with Gasteiger partial charge in [-0.1, -0.05) is 12.1 Å². The fourth-order valence-electron chi connectivity index (χ4n) is 2.41. The molecule has 0 unspecified atom stereocenters. The number of rotatable bonds is 11. The number of benzene rings is 1. The lowest BCUT2D eigenvalue weighted by Crippen LogP contribution is -2.38. The third-order valence-corrected chi connectivity index (χ3v) is 3.74. The van der Waals surface area contributed by atoms with Gasteiger partial charge in [0.25, 0.3) is 5.91 Å². The highest BCUT2D eigenvalue weighted by molar-refractivity contribution is 5.94. The minimum Gasteiger partial charge on any atom is -0.385 e. The van der Waals surface area contributed by atoms with Crippen molar-refractivity contribution in [1.29, 1.82) is 0 Å². The first-order valence-corrected chi connectivity index (χ1v) is 9.03. The Morgan fingerprint density at radius 1 is 1.20 bits per heavy atom. The van der Waals surface area contributed by atoms with E-state index in [-0.39, 0.29) is 5.91 Å². The number of nitrogens with one attached hydrogen (secondary N) is 3. The number of carbonyl (C=O) groups is 1. The van der Waals surface area contributed by atoms with Crippen molar-refractivity contribution in [2.45, 2.75) is 32.6 Å². The van der Waals surface area contributed by atoms with Crippen LogP contribution < -0.4 is 16.0 Å². The average molecular weight is 348 g/mol. The molecule has 0 bridgehead atoms. The van der Waals surface area contributed by atoms with Crippen LogP contribution in [0.15, 0.2) is 29.3 Å². The zero-order valence-corrected chi connectivity index (χ0v) is 15.7. The molecule has 0 aliphatic heterocycles. The second kappa shape index (κ2) is 13.2. The summed E-state index contributed by atoms with van der Waals surface area (Å²) < 4.78 is 5.05. The molecule has 1 amide bonds. The monoisotopic (exact) mass is 348 g/mol. The molecule has 3 N–H and O–H groups in total. The van der Waals surface area contributed by atoms with Gasteiger partial charge in [-0.15, -0.1) is 0 Å². The molecule has 0 spiro atoms. The number of ether oxygens (including phenoxy) is 1. The van der Waals surface area contributed by atoms with Gasteiger partial charge >= 0.3 is 0 Å². The molecule has 6 nitrogen and oxygen atoms in total. The van der Waals surface area contributed by atoms with E-state index in [0.29, 0.717) is 5.56 Å². The second-order valence-corrected chi connectivity index (χ2v) is 5.77. The van der Waals surface area contributed by atoms with E-state index in [1.807, 2.05) is 24.3 Å². The number of carbonyl (C=O) groups excluding carboxylic acids is 1. The minimum absolute atomic E-state index is 0.0572. The van der Waals surface area contributed by atoms with Crippen LogP contribution in [0.2, 0.25) is 0 Å². The number of guanidine groups is 1. The van der Waals surface area contributed by atoms with Crippen molar-refractivity contribution in [1.82, 2.24) is 16.0 Å². The maximum Gasteiger partial charge on any atom is 0.251 e. The lowest BCUT2D eigenvalue weighted by atomic mass is 10.1. The van der Waals surface area contributed by atoms with Gasteiger partial charge in [0.1, 0.15) is 0 Å². The summed E-state index contributed by atoms with van der Waals surface area (Å²) in [5, 5.41) is 9.26. The lowest BCUT2D eigenvalue weighted by Gasteiger charge is -2.11. The van der Waals surface area contributed by atoms with Crippen LogP contribution in [0.1, 0.15) is 42.1 Å². The van der Waals surface area contributed by atoms with Gasteiger partial charge in [-0.3, -0.25) is 9.79 Å². The van der Waals surface area contributed by atoms with E-state index in [1.54, 1.807) is 14.2 Å². The summed E-state index contributed by atoms with van der Waals surface area (Å²) in [6, 6.07) is 7.71. The normalized spacial score (nSPS) is 11.2. The molecule has 0 aliphatic rings. The third-order valence-electron chi connectivity index (χ3n) is 3.74. The van der Waals surface area contributed by atoms with Gasteiger partial charge in [0.2, 0.25) is 0 Å². The van der Waals surface area contributed by atoms with Gasteiger partial charge < -0.3 is 20.7 Å². The Kier molecular flexibility index (Phi) is 11.1. The van der Waals surface area contributed by atoms with Crippen LogP contribution >= 0.6 is 0 Å². The summed E-state index contributed by atoms with van der Waals surface area (Å²) in [5.41, 5.74) is 1.82. The van der Waals surface area contributed by atoms with Crippen molar-refractivity contribution in [3.63, 3.8) is 0 Å². The topological polar surface area (TPSA) is 74.8 Å². The van der Waals surface area contributed by atoms with Crippen molar-refractivity contribution in [3.05, 3.63) is 35.4 Å². The Morgan fingerprint density at radius 2 is 2.04 bits per heavy atom. The highest BCUT2D eigenvalue weighted by atomic mass is 16.5. The predicted molar refractivity (Wildman–Crippen MR) is 103 cm³/mol. The number of amides is 1. The molecule has 1 aromatic carbocycles. The molecule has 1 rings (SSSR count). The molecule has 0 radical (unpaired) electrons. The van der Waals surface area contributed by atoms with Gasteiger partial charge in [0, 0.05) is 46.0 Å². The SMILES string of the molecule is CCNC(=NCCCCCOC)NCCc1cccc(C(=O)NC)c1. The molecular weight excluding hydrogens is 316 g/mol. The summed E-state index contributed by atoms with van der Waals surface area (Å²) in [6.45, 7) is 5.29. The number of hydrogen-bond acceptors (Lipinski definition) is 3. The van der Waals surface area contributed by atoms with E-state index in [4.69, 9.17) is 4.74 Å². The van der Waals surface area contributed by atoms with Crippen LogP contribution in [0.3, 0.4) is 0 Å². The van der Waals surface area contributed by atoms with Crippen molar-refractivity contribution in [3.8, 4) is 0 Å². The Balaban J connectivity index is 2.40. The fraction of sp³-hybridized carbons (Fsp3) is 0.579. The Bertz CT molecular complexity index is 532. The van der Waals surface area contributed by atoms with Gasteiger partial charge in [-0.25, -0.2) is 0 Å². The molecule has 0 heterocycles. The Hall–Kier alpha value is -2.08. The van der Waals surface area contributed by atoms with E-state index in [0.717, 1.165) is 63.4 Å². The van der Waals surface area contributed by atoms with Crippen LogP contribution in [0.4, 0.5) is 0 Å². The van der Waals surface area contributed by atoms with Crippen LogP contribution in [0, 0.1) is 0 Å². The Labute approximate surface area is 151 Å². The van der Waals surface area contributed by atoms with Crippen molar-refractivity contribution < 1.29 is 9.53 Å². The summed E-state index contributed by atoms with van der Waals surface area (Å²) >= 11 is 0. The quantitative estimate of drug-likeness (QED) is 0.325. The summed E-state index contributed by atoms with van der Waals surface area (Å²) in [6.07, 6.45) is 4.11. The number of unbranched alkanes of at least 4 members (excludes halogenated alkanes) is 2. The maximum absolute atomic E-state index is 11.7. The third kappa shape index (κ3) is 9.10. The average Bonchev–Trinajstić information content (AvgIpc) is 2.64. The van der Waals surface area contributed by atoms with E-state index in [1.165, 1.54) is 0 Å². The Morgan fingerprint density at radius 3 is 2.76 bits per heavy atom. The molecular formula is C19H32N4O2. The molecule has 140 valence electrons. The molecule has 0 saturated heterocycles. The molecule has 0 fully saturated rings. The second-order valence-electron chi connectivity index (χ2n) is 5.77. The largest absolute Gasteiger partial charge is 0.385 e. The first-order chi connectivity index (χ1) is 12.2. The zero-order chi connectivity index (χ0) is 18.3. The van der Waals surface area contributed by atoms with E-state index >= 15 is 0 Å². The maximum atomic E-state index is 11.7. The molecule has 6 heteroatoms. The molecule has 25 heavy (non-hydrogen) atoms. The molecule has 0 aromatic heterocycles. The summed E-state index contributed by atoms with van der Waals surface area (Å²) in [7, 11) is 3.38. The predicted octanol–water partition coefficient (Wildman–Crippen LogP) is 1.96. The van der Waals surface area contributed by atoms with E-state index in [9.17, 15) is 4.79 Å². The molecule has 0 atom stereocenters. The zero-order valence-electron chi connectivity index (χ0n) is 15.7. The smallest absolute Gasteiger partial charge is 0.251 e. The molecule has 0 saturated carbocycles.